The van der Waals surface area contributed by atoms with Crippen LogP contribution in [-0.4, -0.2) is 17.5 Å². The van der Waals surface area contributed by atoms with Crippen LogP contribution in [-0.2, 0) is 0 Å². The van der Waals surface area contributed by atoms with Crippen molar-refractivity contribution in [2.75, 3.05) is 6.54 Å². The second-order valence-electron chi connectivity index (χ2n) is 3.97. The summed E-state index contributed by atoms with van der Waals surface area (Å²) in [6, 6.07) is 0.676. The van der Waals surface area contributed by atoms with E-state index in [4.69, 9.17) is 0 Å². The Bertz CT molecular complexity index is 235. The Morgan fingerprint density at radius 3 is 3.00 bits per heavy atom. The highest BCUT2D eigenvalue weighted by Crippen LogP contribution is 2.31. The standard InChI is InChI=1S/C11H17N/c1-9(2)12-8-4-6-10-5-3-7-11(10)12/h3,5,9H,4,6-8H2,1-2H3. The molecule has 0 aromatic rings. The maximum atomic E-state index is 2.55. The first kappa shape index (κ1) is 7.90. The van der Waals surface area contributed by atoms with Gasteiger partial charge in [0.05, 0.1) is 0 Å². The molecule has 0 bridgehead atoms. The second-order valence-corrected chi connectivity index (χ2v) is 3.97. The van der Waals surface area contributed by atoms with Crippen LogP contribution in [0.15, 0.2) is 23.4 Å². The van der Waals surface area contributed by atoms with Gasteiger partial charge < -0.3 is 4.90 Å². The largest absolute Gasteiger partial charge is 0.372 e. The van der Waals surface area contributed by atoms with Gasteiger partial charge in [-0.15, -0.1) is 0 Å². The molecule has 1 aliphatic carbocycles. The van der Waals surface area contributed by atoms with Crippen molar-refractivity contribution in [3.8, 4) is 0 Å². The Balaban J connectivity index is 2.22. The first-order valence-corrected chi connectivity index (χ1v) is 4.94. The summed E-state index contributed by atoms with van der Waals surface area (Å²) in [6.07, 6.45) is 8.42. The fourth-order valence-electron chi connectivity index (χ4n) is 2.21. The third kappa shape index (κ3) is 1.17. The maximum Gasteiger partial charge on any atom is 0.0230 e. The summed E-state index contributed by atoms with van der Waals surface area (Å²) in [5.41, 5.74) is 3.19. The predicted molar refractivity (Wildman–Crippen MR) is 51.9 cm³/mol. The van der Waals surface area contributed by atoms with Crippen LogP contribution in [0.1, 0.15) is 33.1 Å². The molecular formula is C11H17N. The van der Waals surface area contributed by atoms with Crippen LogP contribution in [0.5, 0.6) is 0 Å². The monoisotopic (exact) mass is 163 g/mol. The highest BCUT2D eigenvalue weighted by atomic mass is 15.2. The molecule has 1 heteroatoms. The molecule has 0 saturated heterocycles. The van der Waals surface area contributed by atoms with Crippen LogP contribution < -0.4 is 0 Å². The van der Waals surface area contributed by atoms with Gasteiger partial charge in [-0.3, -0.25) is 0 Å². The summed E-state index contributed by atoms with van der Waals surface area (Å²) in [5, 5.41) is 0. The van der Waals surface area contributed by atoms with Gasteiger partial charge in [0.25, 0.3) is 0 Å². The number of rotatable bonds is 1. The smallest absolute Gasteiger partial charge is 0.0230 e. The molecule has 1 nitrogen and oxygen atoms in total. The Morgan fingerprint density at radius 2 is 2.25 bits per heavy atom. The first-order chi connectivity index (χ1) is 5.79. The minimum absolute atomic E-state index is 0.676. The lowest BCUT2D eigenvalue weighted by Crippen LogP contribution is -2.33. The number of nitrogens with zero attached hydrogens (tertiary/aromatic N) is 1. The fraction of sp³-hybridized carbons (Fsp3) is 0.636. The minimum Gasteiger partial charge on any atom is -0.372 e. The molecule has 12 heavy (non-hydrogen) atoms. The lowest BCUT2D eigenvalue weighted by Gasteiger charge is -2.34. The van der Waals surface area contributed by atoms with Gasteiger partial charge >= 0.3 is 0 Å². The van der Waals surface area contributed by atoms with E-state index in [0.29, 0.717) is 6.04 Å². The van der Waals surface area contributed by atoms with Crippen LogP contribution in [0, 0.1) is 0 Å². The second kappa shape index (κ2) is 2.96. The topological polar surface area (TPSA) is 3.24 Å². The lowest BCUT2D eigenvalue weighted by molar-refractivity contribution is 0.261. The van der Waals surface area contributed by atoms with E-state index in [0.717, 1.165) is 0 Å². The highest BCUT2D eigenvalue weighted by Gasteiger charge is 2.21. The fourth-order valence-corrected chi connectivity index (χ4v) is 2.21. The third-order valence-corrected chi connectivity index (χ3v) is 2.82. The number of hydrogen-bond donors (Lipinski definition) is 0. The molecule has 66 valence electrons. The van der Waals surface area contributed by atoms with Crippen molar-refractivity contribution in [2.24, 2.45) is 0 Å². The molecule has 0 unspecified atom stereocenters. The van der Waals surface area contributed by atoms with Crippen molar-refractivity contribution < 1.29 is 0 Å². The van der Waals surface area contributed by atoms with Crippen molar-refractivity contribution in [2.45, 2.75) is 39.2 Å². The molecule has 0 aromatic carbocycles. The molecule has 0 atom stereocenters. The van der Waals surface area contributed by atoms with Crippen molar-refractivity contribution in [3.63, 3.8) is 0 Å². The zero-order chi connectivity index (χ0) is 8.55. The molecule has 1 heterocycles. The Labute approximate surface area is 74.8 Å². The van der Waals surface area contributed by atoms with E-state index in [1.54, 1.807) is 11.3 Å². The molecule has 2 aliphatic rings. The minimum atomic E-state index is 0.676. The van der Waals surface area contributed by atoms with Gasteiger partial charge in [0.1, 0.15) is 0 Å². The Hall–Kier alpha value is -0.720. The van der Waals surface area contributed by atoms with E-state index >= 15 is 0 Å². The SMILES string of the molecule is CC(C)N1CCCC2=C1CC=C2. The molecule has 0 amide bonds. The summed E-state index contributed by atoms with van der Waals surface area (Å²) in [6.45, 7) is 5.83. The van der Waals surface area contributed by atoms with Crippen molar-refractivity contribution >= 4 is 0 Å². The summed E-state index contributed by atoms with van der Waals surface area (Å²) in [4.78, 5) is 2.55. The Morgan fingerprint density at radius 1 is 1.42 bits per heavy atom. The zero-order valence-corrected chi connectivity index (χ0v) is 8.01. The van der Waals surface area contributed by atoms with E-state index in [-0.39, 0.29) is 0 Å². The summed E-state index contributed by atoms with van der Waals surface area (Å²) >= 11 is 0. The summed E-state index contributed by atoms with van der Waals surface area (Å²) < 4.78 is 0. The van der Waals surface area contributed by atoms with Gasteiger partial charge in [-0.05, 0) is 32.3 Å². The molecule has 0 N–H and O–H groups in total. The van der Waals surface area contributed by atoms with Gasteiger partial charge in [0.15, 0.2) is 0 Å². The van der Waals surface area contributed by atoms with Crippen LogP contribution in [0.25, 0.3) is 0 Å². The maximum absolute atomic E-state index is 2.55. The Kier molecular flexibility index (Phi) is 1.95. The van der Waals surface area contributed by atoms with Gasteiger partial charge in [0.2, 0.25) is 0 Å². The van der Waals surface area contributed by atoms with Gasteiger partial charge in [-0.2, -0.15) is 0 Å². The lowest BCUT2D eigenvalue weighted by atomic mass is 10.0. The van der Waals surface area contributed by atoms with Crippen molar-refractivity contribution in [1.82, 2.24) is 4.90 Å². The van der Waals surface area contributed by atoms with Crippen LogP contribution in [0.4, 0.5) is 0 Å². The van der Waals surface area contributed by atoms with Crippen LogP contribution in [0.3, 0.4) is 0 Å². The molecule has 0 saturated carbocycles. The zero-order valence-electron chi connectivity index (χ0n) is 8.01. The van der Waals surface area contributed by atoms with E-state index in [1.807, 2.05) is 0 Å². The first-order valence-electron chi connectivity index (χ1n) is 4.94. The van der Waals surface area contributed by atoms with E-state index in [2.05, 4.69) is 30.9 Å². The molecule has 1 aliphatic heterocycles. The van der Waals surface area contributed by atoms with E-state index < -0.39 is 0 Å². The molecule has 2 rings (SSSR count). The summed E-state index contributed by atoms with van der Waals surface area (Å²) in [7, 11) is 0. The predicted octanol–water partition coefficient (Wildman–Crippen LogP) is 2.70. The average molecular weight is 163 g/mol. The normalized spacial score (nSPS) is 22.4. The molecule has 0 radical (unpaired) electrons. The molecule has 0 fully saturated rings. The van der Waals surface area contributed by atoms with Gasteiger partial charge in [-0.1, -0.05) is 12.2 Å². The van der Waals surface area contributed by atoms with Crippen molar-refractivity contribution in [3.05, 3.63) is 23.4 Å². The molecule has 0 aromatic heterocycles. The third-order valence-electron chi connectivity index (χ3n) is 2.82. The van der Waals surface area contributed by atoms with Crippen LogP contribution in [0.2, 0.25) is 0 Å². The van der Waals surface area contributed by atoms with Crippen LogP contribution >= 0.6 is 0 Å². The molecule has 0 spiro atoms. The van der Waals surface area contributed by atoms with Crippen molar-refractivity contribution in [1.29, 1.82) is 0 Å². The summed E-state index contributed by atoms with van der Waals surface area (Å²) in [5.74, 6) is 0. The molecular weight excluding hydrogens is 146 g/mol. The van der Waals surface area contributed by atoms with Gasteiger partial charge in [0, 0.05) is 24.7 Å². The average Bonchev–Trinajstić information content (AvgIpc) is 2.49. The highest BCUT2D eigenvalue weighted by molar-refractivity contribution is 5.34. The number of allylic oxidation sites excluding steroid dienone is 3. The number of hydrogen-bond acceptors (Lipinski definition) is 1. The quantitative estimate of drug-likeness (QED) is 0.574. The van der Waals surface area contributed by atoms with Gasteiger partial charge in [-0.25, -0.2) is 0 Å². The van der Waals surface area contributed by atoms with E-state index in [9.17, 15) is 0 Å². The van der Waals surface area contributed by atoms with E-state index in [1.165, 1.54) is 25.8 Å².